The second-order valence-electron chi connectivity index (χ2n) is 12.7. The third-order valence-electron chi connectivity index (χ3n) is 9.11. The summed E-state index contributed by atoms with van der Waals surface area (Å²) in [4.78, 5) is 33.7. The Hall–Kier alpha value is -3.67. The number of aromatic nitrogens is 1. The lowest BCUT2D eigenvalue weighted by atomic mass is 9.98. The van der Waals surface area contributed by atoms with Crippen LogP contribution in [-0.2, 0) is 40.2 Å². The van der Waals surface area contributed by atoms with Crippen LogP contribution in [0.5, 0.6) is 11.5 Å². The number of ether oxygens (including phenoxy) is 4. The number of nitrogens with zero attached hydrogens (tertiary/aromatic N) is 2. The van der Waals surface area contributed by atoms with Crippen molar-refractivity contribution in [2.75, 3.05) is 41.0 Å². The van der Waals surface area contributed by atoms with Gasteiger partial charge in [0.25, 0.3) is 0 Å². The highest BCUT2D eigenvalue weighted by Gasteiger charge is 2.24. The molecule has 1 N–H and O–H groups in total. The van der Waals surface area contributed by atoms with E-state index in [0.29, 0.717) is 69.6 Å². The minimum absolute atomic E-state index is 0.114. The van der Waals surface area contributed by atoms with Crippen LogP contribution in [0.15, 0.2) is 67.0 Å². The fourth-order valence-electron chi connectivity index (χ4n) is 6.10. The Morgan fingerprint density at radius 1 is 0.961 bits per heavy atom. The Kier molecular flexibility index (Phi) is 14.6. The van der Waals surface area contributed by atoms with E-state index in [1.54, 1.807) is 32.4 Å². The number of hydrogen-bond acceptors (Lipinski definition) is 10. The summed E-state index contributed by atoms with van der Waals surface area (Å²) < 4.78 is 22.6. The third kappa shape index (κ3) is 11.2. The van der Waals surface area contributed by atoms with Gasteiger partial charge in [-0.05, 0) is 98.3 Å². The molecule has 0 saturated carbocycles. The predicted octanol–water partition coefficient (Wildman–Crippen LogP) is 8.11. The summed E-state index contributed by atoms with van der Waals surface area (Å²) >= 11 is 14.3. The lowest BCUT2D eigenvalue weighted by molar-refractivity contribution is -0.145. The molecule has 0 aliphatic carbocycles. The van der Waals surface area contributed by atoms with Gasteiger partial charge in [0, 0.05) is 43.2 Å². The zero-order valence-electron chi connectivity index (χ0n) is 29.3. The molecule has 0 bridgehead atoms. The average Bonchev–Trinajstić information content (AvgIpc) is 3.62. The minimum atomic E-state index is -0.712. The Balaban J connectivity index is 1.14. The number of carbonyl (C=O) groups is 2. The van der Waals surface area contributed by atoms with Crippen molar-refractivity contribution in [3.63, 3.8) is 0 Å². The summed E-state index contributed by atoms with van der Waals surface area (Å²) in [7, 11) is 5.24. The first-order chi connectivity index (χ1) is 24.7. The topological polar surface area (TPSA) is 99.2 Å². The highest BCUT2D eigenvalue weighted by molar-refractivity contribution is 7.13. The molecule has 9 nitrogen and oxygen atoms in total. The molecule has 0 spiro atoms. The zero-order chi connectivity index (χ0) is 36.2. The van der Waals surface area contributed by atoms with E-state index in [9.17, 15) is 9.59 Å². The Morgan fingerprint density at radius 2 is 1.69 bits per heavy atom. The van der Waals surface area contributed by atoms with Gasteiger partial charge in [0.05, 0.1) is 30.9 Å². The van der Waals surface area contributed by atoms with Crippen LogP contribution in [-0.4, -0.2) is 62.8 Å². The average molecular weight is 755 g/mol. The number of pyridine rings is 1. The molecule has 0 amide bonds. The molecule has 1 aliphatic heterocycles. The Labute approximate surface area is 314 Å². The summed E-state index contributed by atoms with van der Waals surface area (Å²) in [5.74, 6) is 0.969. The van der Waals surface area contributed by atoms with E-state index < -0.39 is 12.1 Å². The molecule has 2 aromatic heterocycles. The predicted molar refractivity (Wildman–Crippen MR) is 201 cm³/mol. The molecular weight excluding hydrogens is 709 g/mol. The van der Waals surface area contributed by atoms with Crippen LogP contribution in [0, 0.1) is 5.92 Å². The van der Waals surface area contributed by atoms with Crippen LogP contribution in [0.1, 0.15) is 68.6 Å². The van der Waals surface area contributed by atoms with Crippen molar-refractivity contribution in [1.29, 1.82) is 0 Å². The second kappa shape index (κ2) is 19.2. The quantitative estimate of drug-likeness (QED) is 0.107. The lowest BCUT2D eigenvalue weighted by Gasteiger charge is -2.28. The molecule has 12 heteroatoms. The number of nitrogens with one attached hydrogen (secondary N) is 1. The maximum Gasteiger partial charge on any atom is 0.348 e. The van der Waals surface area contributed by atoms with E-state index in [1.165, 1.54) is 34.9 Å². The maximum absolute atomic E-state index is 13.5. The van der Waals surface area contributed by atoms with Gasteiger partial charge in [0.2, 0.25) is 0 Å². The number of esters is 2. The van der Waals surface area contributed by atoms with E-state index >= 15 is 0 Å². The van der Waals surface area contributed by atoms with Crippen molar-refractivity contribution in [1.82, 2.24) is 15.2 Å². The first-order valence-corrected chi connectivity index (χ1v) is 18.7. The van der Waals surface area contributed by atoms with Crippen LogP contribution in [0.4, 0.5) is 0 Å². The molecule has 0 radical (unpaired) electrons. The summed E-state index contributed by atoms with van der Waals surface area (Å²) in [6, 6.07) is 17.4. The third-order valence-corrected chi connectivity index (χ3v) is 10.8. The molecule has 1 saturated heterocycles. The van der Waals surface area contributed by atoms with Crippen LogP contribution in [0.2, 0.25) is 10.0 Å². The number of piperidine rings is 1. The van der Waals surface area contributed by atoms with E-state index in [0.717, 1.165) is 43.6 Å². The van der Waals surface area contributed by atoms with Gasteiger partial charge >= 0.3 is 11.9 Å². The molecule has 4 aromatic rings. The van der Waals surface area contributed by atoms with Gasteiger partial charge in [-0.25, -0.2) is 4.79 Å². The van der Waals surface area contributed by atoms with Crippen LogP contribution in [0.3, 0.4) is 0 Å². The number of methoxy groups -OCH3 is 2. The molecular formula is C39H45Cl2N3O6S. The SMILES string of the molecule is COc1ccc([C@H](Cc2c(Cl)cncc2Cl)OC(=O)c2ccc(CNCc3ccccc3CCCC(=O)OCC3CCN(C)CC3)s2)cc1OC. The maximum atomic E-state index is 13.5. The molecule has 272 valence electrons. The van der Waals surface area contributed by atoms with Gasteiger partial charge in [0.15, 0.2) is 11.5 Å². The number of aryl methyl sites for hydroxylation is 1. The van der Waals surface area contributed by atoms with Crippen molar-refractivity contribution in [2.24, 2.45) is 5.92 Å². The molecule has 2 aromatic carbocycles. The van der Waals surface area contributed by atoms with Crippen molar-refractivity contribution in [3.8, 4) is 11.5 Å². The molecule has 0 unspecified atom stereocenters. The van der Waals surface area contributed by atoms with Gasteiger partial charge in [-0.15, -0.1) is 11.3 Å². The highest BCUT2D eigenvalue weighted by atomic mass is 35.5. The standard InChI is InChI=1S/C39H45Cl2N3O6S/c1-44-17-15-26(16-18-44)25-49-38(45)10-6-9-27-7-4-5-8-29(27)21-42-22-30-12-14-37(51-30)39(46)50-35(20-31-32(40)23-43-24-33(31)41)28-11-13-34(47-2)36(19-28)48-3/h4-5,7-8,11-14,19,23-24,26,35,42H,6,9-10,15-18,20-22,25H2,1-3H3/t35-/m0/s1. The normalized spacial score (nSPS) is 14.2. The van der Waals surface area contributed by atoms with Crippen molar-refractivity contribution >= 4 is 46.5 Å². The monoisotopic (exact) mass is 753 g/mol. The van der Waals surface area contributed by atoms with Crippen molar-refractivity contribution in [2.45, 2.75) is 57.7 Å². The minimum Gasteiger partial charge on any atom is -0.493 e. The zero-order valence-corrected chi connectivity index (χ0v) is 31.6. The Bertz CT molecular complexity index is 1740. The van der Waals surface area contributed by atoms with Gasteiger partial charge in [-0.3, -0.25) is 9.78 Å². The van der Waals surface area contributed by atoms with Crippen LogP contribution < -0.4 is 14.8 Å². The van der Waals surface area contributed by atoms with Gasteiger partial charge in [0.1, 0.15) is 11.0 Å². The van der Waals surface area contributed by atoms with Gasteiger partial charge in [-0.2, -0.15) is 0 Å². The van der Waals surface area contributed by atoms with Gasteiger partial charge < -0.3 is 29.2 Å². The summed E-state index contributed by atoms with van der Waals surface area (Å²) in [6.45, 7) is 3.90. The van der Waals surface area contributed by atoms with Crippen molar-refractivity contribution in [3.05, 3.63) is 109 Å². The first-order valence-electron chi connectivity index (χ1n) is 17.1. The van der Waals surface area contributed by atoms with Crippen molar-refractivity contribution < 1.29 is 28.5 Å². The number of halogens is 2. The number of likely N-dealkylation sites (tertiary alicyclic amines) is 1. The number of hydrogen-bond donors (Lipinski definition) is 1. The molecule has 1 aliphatic rings. The van der Waals surface area contributed by atoms with Crippen LogP contribution in [0.25, 0.3) is 0 Å². The molecule has 1 atom stereocenters. The fourth-order valence-corrected chi connectivity index (χ4v) is 7.48. The summed E-state index contributed by atoms with van der Waals surface area (Å²) in [5.41, 5.74) is 3.71. The largest absolute Gasteiger partial charge is 0.493 e. The van der Waals surface area contributed by atoms with Crippen LogP contribution >= 0.6 is 34.5 Å². The fraction of sp³-hybridized carbons (Fsp3) is 0.410. The number of benzene rings is 2. The van der Waals surface area contributed by atoms with E-state index in [2.05, 4.69) is 34.4 Å². The number of thiophene rings is 1. The number of carbonyl (C=O) groups excluding carboxylic acids is 2. The molecule has 3 heterocycles. The van der Waals surface area contributed by atoms with Gasteiger partial charge in [-0.1, -0.05) is 53.5 Å². The van der Waals surface area contributed by atoms with E-state index in [-0.39, 0.29) is 12.4 Å². The Morgan fingerprint density at radius 3 is 2.41 bits per heavy atom. The smallest absolute Gasteiger partial charge is 0.348 e. The number of rotatable bonds is 17. The van der Waals surface area contributed by atoms with E-state index in [4.69, 9.17) is 42.1 Å². The molecule has 51 heavy (non-hydrogen) atoms. The van der Waals surface area contributed by atoms with E-state index in [1.807, 2.05) is 24.3 Å². The second-order valence-corrected chi connectivity index (χ2v) is 14.7. The lowest BCUT2D eigenvalue weighted by Crippen LogP contribution is -2.32. The highest BCUT2D eigenvalue weighted by Crippen LogP contribution is 2.36. The molecule has 1 fully saturated rings. The summed E-state index contributed by atoms with van der Waals surface area (Å²) in [5, 5.41) is 4.28. The summed E-state index contributed by atoms with van der Waals surface area (Å²) in [6.07, 6.45) is 6.68. The molecule has 5 rings (SSSR count). The first kappa shape index (κ1) is 38.6.